The zero-order valence-electron chi connectivity index (χ0n) is 12.0. The number of imidazole rings is 1. The van der Waals surface area contributed by atoms with Crippen molar-refractivity contribution >= 4 is 11.6 Å². The van der Waals surface area contributed by atoms with Crippen molar-refractivity contribution in [3.63, 3.8) is 0 Å². The van der Waals surface area contributed by atoms with Crippen LogP contribution in [0.2, 0.25) is 0 Å². The first-order valence-corrected chi connectivity index (χ1v) is 7.24. The van der Waals surface area contributed by atoms with Crippen LogP contribution in [0.5, 0.6) is 5.75 Å². The van der Waals surface area contributed by atoms with Crippen LogP contribution >= 0.6 is 0 Å². The summed E-state index contributed by atoms with van der Waals surface area (Å²) in [5.41, 5.74) is 2.53. The molecule has 2 aromatic heterocycles. The highest BCUT2D eigenvalue weighted by molar-refractivity contribution is 5.94. The van der Waals surface area contributed by atoms with Crippen LogP contribution in [0, 0.1) is 0 Å². The van der Waals surface area contributed by atoms with Crippen molar-refractivity contribution in [3.05, 3.63) is 66.1 Å². The molecule has 3 heterocycles. The van der Waals surface area contributed by atoms with Crippen molar-refractivity contribution in [3.8, 4) is 5.75 Å². The van der Waals surface area contributed by atoms with Crippen LogP contribution < -0.4 is 4.74 Å². The summed E-state index contributed by atoms with van der Waals surface area (Å²) in [5.74, 6) is 0.874. The smallest absolute Gasteiger partial charge is 0.255 e. The molecule has 4 rings (SSSR count). The van der Waals surface area contributed by atoms with Gasteiger partial charge in [0.25, 0.3) is 5.91 Å². The molecule has 5 nitrogen and oxygen atoms in total. The minimum Gasteiger partial charge on any atom is -0.491 e. The molecule has 1 amide bonds. The van der Waals surface area contributed by atoms with Gasteiger partial charge in [0.1, 0.15) is 18.0 Å². The van der Waals surface area contributed by atoms with E-state index in [1.807, 2.05) is 58.1 Å². The minimum atomic E-state index is 0.0101. The molecule has 1 aliphatic heterocycles. The van der Waals surface area contributed by atoms with Crippen LogP contribution in [0.15, 0.2) is 55.0 Å². The van der Waals surface area contributed by atoms with E-state index in [0.717, 1.165) is 17.0 Å². The number of para-hydroxylation sites is 1. The molecule has 110 valence electrons. The van der Waals surface area contributed by atoms with Crippen molar-refractivity contribution in [1.29, 1.82) is 0 Å². The Balaban J connectivity index is 1.64. The number of carbonyl (C=O) groups excluding carboxylic acids is 1. The van der Waals surface area contributed by atoms with Crippen molar-refractivity contribution in [2.24, 2.45) is 0 Å². The second-order valence-corrected chi connectivity index (χ2v) is 5.29. The molecule has 0 spiro atoms. The van der Waals surface area contributed by atoms with Crippen LogP contribution in [0.4, 0.5) is 0 Å². The van der Waals surface area contributed by atoms with Gasteiger partial charge < -0.3 is 14.0 Å². The summed E-state index contributed by atoms with van der Waals surface area (Å²) in [4.78, 5) is 18.8. The molecule has 0 atom stereocenters. The summed E-state index contributed by atoms with van der Waals surface area (Å²) >= 11 is 0. The van der Waals surface area contributed by atoms with E-state index in [9.17, 15) is 4.79 Å². The second kappa shape index (κ2) is 5.18. The van der Waals surface area contributed by atoms with Crippen LogP contribution in [0.3, 0.4) is 0 Å². The Morgan fingerprint density at radius 2 is 2.09 bits per heavy atom. The van der Waals surface area contributed by atoms with Gasteiger partial charge in [0.15, 0.2) is 0 Å². The van der Waals surface area contributed by atoms with Crippen molar-refractivity contribution < 1.29 is 9.53 Å². The first kappa shape index (κ1) is 12.9. The predicted octanol–water partition coefficient (Wildman–Crippen LogP) is 2.37. The molecule has 1 aliphatic rings. The Labute approximate surface area is 127 Å². The normalized spacial score (nSPS) is 14.3. The maximum atomic E-state index is 12.8. The number of pyridine rings is 1. The molecule has 0 saturated heterocycles. The zero-order valence-corrected chi connectivity index (χ0v) is 12.0. The van der Waals surface area contributed by atoms with Crippen LogP contribution in [0.25, 0.3) is 5.65 Å². The first-order valence-electron chi connectivity index (χ1n) is 7.24. The number of nitrogens with zero attached hydrogens (tertiary/aromatic N) is 3. The quantitative estimate of drug-likeness (QED) is 0.692. The van der Waals surface area contributed by atoms with E-state index >= 15 is 0 Å². The maximum absolute atomic E-state index is 12.8. The molecule has 0 bridgehead atoms. The van der Waals surface area contributed by atoms with Gasteiger partial charge in [0.05, 0.1) is 12.1 Å². The fraction of sp³-hybridized carbons (Fsp3) is 0.176. The van der Waals surface area contributed by atoms with Gasteiger partial charge in [-0.15, -0.1) is 0 Å². The number of aromatic nitrogens is 2. The molecular formula is C17H15N3O2. The SMILES string of the molecule is O=C(c1ccc2nccn2c1)N1CCOc2ccccc2C1. The third-order valence-corrected chi connectivity index (χ3v) is 3.88. The van der Waals surface area contributed by atoms with Gasteiger partial charge in [-0.2, -0.15) is 0 Å². The van der Waals surface area contributed by atoms with Gasteiger partial charge in [0.2, 0.25) is 0 Å². The highest BCUT2D eigenvalue weighted by Crippen LogP contribution is 2.23. The van der Waals surface area contributed by atoms with Crippen molar-refractivity contribution in [2.75, 3.05) is 13.2 Å². The summed E-state index contributed by atoms with van der Waals surface area (Å²) in [5, 5.41) is 0. The molecule has 0 fully saturated rings. The molecule has 22 heavy (non-hydrogen) atoms. The summed E-state index contributed by atoms with van der Waals surface area (Å²) in [7, 11) is 0. The third-order valence-electron chi connectivity index (χ3n) is 3.88. The highest BCUT2D eigenvalue weighted by Gasteiger charge is 2.21. The van der Waals surface area contributed by atoms with Crippen LogP contribution in [0.1, 0.15) is 15.9 Å². The fourth-order valence-corrected chi connectivity index (χ4v) is 2.73. The van der Waals surface area contributed by atoms with Crippen LogP contribution in [-0.4, -0.2) is 33.3 Å². The van der Waals surface area contributed by atoms with Gasteiger partial charge in [-0.1, -0.05) is 18.2 Å². The average molecular weight is 293 g/mol. The number of hydrogen-bond acceptors (Lipinski definition) is 3. The van der Waals surface area contributed by atoms with E-state index in [-0.39, 0.29) is 5.91 Å². The number of rotatable bonds is 1. The number of carbonyl (C=O) groups is 1. The van der Waals surface area contributed by atoms with Crippen molar-refractivity contribution in [1.82, 2.24) is 14.3 Å². The monoisotopic (exact) mass is 293 g/mol. The number of fused-ring (bicyclic) bond motifs is 2. The predicted molar refractivity (Wildman–Crippen MR) is 81.9 cm³/mol. The second-order valence-electron chi connectivity index (χ2n) is 5.29. The average Bonchev–Trinajstić information content (AvgIpc) is 2.91. The fourth-order valence-electron chi connectivity index (χ4n) is 2.73. The standard InChI is InChI=1S/C17H15N3O2/c21-17(14-5-6-16-18-7-8-19(16)12-14)20-9-10-22-15-4-2-1-3-13(15)11-20/h1-8,12H,9-11H2. The van der Waals surface area contributed by atoms with Gasteiger partial charge in [0, 0.05) is 30.7 Å². The van der Waals surface area contributed by atoms with E-state index in [1.165, 1.54) is 0 Å². The highest BCUT2D eigenvalue weighted by atomic mass is 16.5. The van der Waals surface area contributed by atoms with E-state index in [1.54, 1.807) is 6.20 Å². The van der Waals surface area contributed by atoms with E-state index in [4.69, 9.17) is 4.74 Å². The Morgan fingerprint density at radius 3 is 3.05 bits per heavy atom. The number of amides is 1. The molecular weight excluding hydrogens is 278 g/mol. The summed E-state index contributed by atoms with van der Waals surface area (Å²) in [6, 6.07) is 11.5. The largest absolute Gasteiger partial charge is 0.491 e. The molecule has 3 aromatic rings. The zero-order chi connectivity index (χ0) is 14.9. The molecule has 0 N–H and O–H groups in total. The van der Waals surface area contributed by atoms with Gasteiger partial charge >= 0.3 is 0 Å². The van der Waals surface area contributed by atoms with E-state index in [0.29, 0.717) is 25.3 Å². The molecule has 0 radical (unpaired) electrons. The lowest BCUT2D eigenvalue weighted by molar-refractivity contribution is 0.0732. The Morgan fingerprint density at radius 1 is 1.18 bits per heavy atom. The number of hydrogen-bond donors (Lipinski definition) is 0. The topological polar surface area (TPSA) is 46.8 Å². The van der Waals surface area contributed by atoms with E-state index in [2.05, 4.69) is 4.98 Å². The third kappa shape index (κ3) is 2.20. The number of ether oxygens (including phenoxy) is 1. The van der Waals surface area contributed by atoms with Crippen molar-refractivity contribution in [2.45, 2.75) is 6.54 Å². The maximum Gasteiger partial charge on any atom is 0.255 e. The molecule has 0 aliphatic carbocycles. The van der Waals surface area contributed by atoms with Gasteiger partial charge in [-0.3, -0.25) is 4.79 Å². The molecule has 0 saturated carbocycles. The molecule has 0 unspecified atom stereocenters. The summed E-state index contributed by atoms with van der Waals surface area (Å²) in [6.45, 7) is 1.66. The first-order chi connectivity index (χ1) is 10.8. The summed E-state index contributed by atoms with van der Waals surface area (Å²) < 4.78 is 7.57. The number of benzene rings is 1. The van der Waals surface area contributed by atoms with Gasteiger partial charge in [-0.05, 0) is 18.2 Å². The Hall–Kier alpha value is -2.82. The van der Waals surface area contributed by atoms with E-state index < -0.39 is 0 Å². The van der Waals surface area contributed by atoms with Gasteiger partial charge in [-0.25, -0.2) is 4.98 Å². The molecule has 5 heteroatoms. The Bertz CT molecular complexity index is 841. The summed E-state index contributed by atoms with van der Waals surface area (Å²) in [6.07, 6.45) is 5.38. The van der Waals surface area contributed by atoms with Crippen LogP contribution in [-0.2, 0) is 6.54 Å². The lowest BCUT2D eigenvalue weighted by Crippen LogP contribution is -2.32. The molecule has 1 aromatic carbocycles. The lowest BCUT2D eigenvalue weighted by Gasteiger charge is -2.20. The lowest BCUT2D eigenvalue weighted by atomic mass is 10.1. The Kier molecular flexibility index (Phi) is 3.04. The minimum absolute atomic E-state index is 0.0101.